The summed E-state index contributed by atoms with van der Waals surface area (Å²) in [6.45, 7) is 2.21. The molecule has 1 aromatic carbocycles. The Hall–Kier alpha value is -1.26. The highest BCUT2D eigenvalue weighted by atomic mass is 35.5. The van der Waals surface area contributed by atoms with Crippen molar-refractivity contribution in [2.24, 2.45) is 0 Å². The van der Waals surface area contributed by atoms with Crippen LogP contribution in [0.4, 0.5) is 0 Å². The Bertz CT molecular complexity index is 431. The zero-order valence-electron chi connectivity index (χ0n) is 9.77. The van der Waals surface area contributed by atoms with Gasteiger partial charge in [-0.05, 0) is 30.2 Å². The van der Waals surface area contributed by atoms with E-state index < -0.39 is 12.0 Å². The number of carboxylic acids is 1. The van der Waals surface area contributed by atoms with E-state index in [4.69, 9.17) is 23.2 Å². The Morgan fingerprint density at radius 1 is 1.39 bits per heavy atom. The van der Waals surface area contributed by atoms with Crippen molar-refractivity contribution in [2.75, 3.05) is 6.54 Å². The first kappa shape index (κ1) is 14.8. The third-order valence-corrected chi connectivity index (χ3v) is 2.82. The van der Waals surface area contributed by atoms with Gasteiger partial charge in [-0.1, -0.05) is 30.1 Å². The largest absolute Gasteiger partial charge is 0.479 e. The summed E-state index contributed by atoms with van der Waals surface area (Å²) in [5.41, 5.74) is 0.389. The van der Waals surface area contributed by atoms with Crippen LogP contribution >= 0.6 is 23.2 Å². The summed E-state index contributed by atoms with van der Waals surface area (Å²) in [5, 5.41) is 9.93. The predicted octanol–water partition coefficient (Wildman–Crippen LogP) is 2.99. The molecule has 0 radical (unpaired) electrons. The van der Waals surface area contributed by atoms with Gasteiger partial charge in [0.25, 0.3) is 0 Å². The first-order chi connectivity index (χ1) is 8.49. The Morgan fingerprint density at radius 3 is 2.33 bits per heavy atom. The second kappa shape index (κ2) is 6.61. The number of rotatable bonds is 6. The quantitative estimate of drug-likeness (QED) is 0.819. The van der Waals surface area contributed by atoms with Crippen molar-refractivity contribution in [1.29, 1.82) is 0 Å². The number of halogens is 2. The third-order valence-electron chi connectivity index (χ3n) is 2.38. The Balaban J connectivity index is 3.18. The average Bonchev–Trinajstić information content (AvgIpc) is 2.26. The summed E-state index contributed by atoms with van der Waals surface area (Å²) >= 11 is 11.7. The minimum Gasteiger partial charge on any atom is -0.479 e. The molecule has 1 unspecified atom stereocenters. The number of carbonyl (C=O) groups is 2. The molecule has 0 aliphatic rings. The van der Waals surface area contributed by atoms with E-state index in [9.17, 15) is 14.7 Å². The second-order valence-corrected chi connectivity index (χ2v) is 4.66. The highest BCUT2D eigenvalue weighted by Gasteiger charge is 2.26. The topological polar surface area (TPSA) is 57.6 Å². The number of amides is 1. The van der Waals surface area contributed by atoms with E-state index in [0.717, 1.165) is 0 Å². The molecule has 0 spiro atoms. The molecule has 0 aliphatic heterocycles. The zero-order valence-corrected chi connectivity index (χ0v) is 11.3. The van der Waals surface area contributed by atoms with Gasteiger partial charge in [0.1, 0.15) is 0 Å². The monoisotopic (exact) mass is 289 g/mol. The molecule has 0 bridgehead atoms. The van der Waals surface area contributed by atoms with Gasteiger partial charge in [-0.3, -0.25) is 4.79 Å². The normalized spacial score (nSPS) is 11.9. The van der Waals surface area contributed by atoms with E-state index in [1.165, 1.54) is 23.1 Å². The summed E-state index contributed by atoms with van der Waals surface area (Å²) in [4.78, 5) is 23.5. The maximum absolute atomic E-state index is 11.3. The fraction of sp³-hybridized carbons (Fsp3) is 0.333. The molecule has 4 nitrogen and oxygen atoms in total. The van der Waals surface area contributed by atoms with Crippen LogP contribution in [0, 0.1) is 0 Å². The number of hydrogen-bond acceptors (Lipinski definition) is 2. The maximum atomic E-state index is 11.3. The predicted molar refractivity (Wildman–Crippen MR) is 69.9 cm³/mol. The number of nitrogens with zero attached hydrogens (tertiary/aromatic N) is 1. The molecule has 0 saturated heterocycles. The van der Waals surface area contributed by atoms with Gasteiger partial charge >= 0.3 is 5.97 Å². The van der Waals surface area contributed by atoms with Crippen molar-refractivity contribution in [3.8, 4) is 0 Å². The van der Waals surface area contributed by atoms with Crippen molar-refractivity contribution in [1.82, 2.24) is 4.90 Å². The van der Waals surface area contributed by atoms with Gasteiger partial charge in [0.15, 0.2) is 6.04 Å². The molecule has 1 atom stereocenters. The Kier molecular flexibility index (Phi) is 5.44. The molecular weight excluding hydrogens is 277 g/mol. The lowest BCUT2D eigenvalue weighted by Crippen LogP contribution is -2.33. The fourth-order valence-electron chi connectivity index (χ4n) is 1.71. The summed E-state index contributed by atoms with van der Waals surface area (Å²) in [6.07, 6.45) is 1.19. The van der Waals surface area contributed by atoms with Crippen LogP contribution in [0.15, 0.2) is 18.2 Å². The van der Waals surface area contributed by atoms with Gasteiger partial charge in [0.05, 0.1) is 0 Å². The number of carboxylic acid groups (broad SMARTS) is 1. The number of benzene rings is 1. The van der Waals surface area contributed by atoms with Crippen molar-refractivity contribution in [2.45, 2.75) is 19.4 Å². The van der Waals surface area contributed by atoms with Crippen molar-refractivity contribution in [3.05, 3.63) is 33.8 Å². The Morgan fingerprint density at radius 2 is 1.94 bits per heavy atom. The van der Waals surface area contributed by atoms with E-state index >= 15 is 0 Å². The van der Waals surface area contributed by atoms with E-state index in [0.29, 0.717) is 35.0 Å². The first-order valence-electron chi connectivity index (χ1n) is 5.39. The molecule has 1 rings (SSSR count). The molecule has 0 saturated carbocycles. The van der Waals surface area contributed by atoms with Crippen molar-refractivity contribution < 1.29 is 14.7 Å². The van der Waals surface area contributed by atoms with Crippen LogP contribution in [0.1, 0.15) is 24.9 Å². The molecule has 1 N–H and O–H groups in total. The smallest absolute Gasteiger partial charge is 0.331 e. The number of hydrogen-bond donors (Lipinski definition) is 1. The number of carbonyl (C=O) groups excluding carboxylic acids is 1. The molecule has 0 aliphatic carbocycles. The summed E-state index contributed by atoms with van der Waals surface area (Å²) in [6, 6.07) is 3.44. The average molecular weight is 290 g/mol. The van der Waals surface area contributed by atoms with Gasteiger partial charge < -0.3 is 10.0 Å². The van der Waals surface area contributed by atoms with E-state index in [2.05, 4.69) is 0 Å². The van der Waals surface area contributed by atoms with Crippen LogP contribution in [0.3, 0.4) is 0 Å². The van der Waals surface area contributed by atoms with Crippen LogP contribution in [0.2, 0.25) is 10.0 Å². The van der Waals surface area contributed by atoms with Gasteiger partial charge in [-0.25, -0.2) is 4.79 Å². The molecule has 6 heteroatoms. The van der Waals surface area contributed by atoms with Crippen LogP contribution in [0.5, 0.6) is 0 Å². The molecule has 1 aromatic rings. The van der Waals surface area contributed by atoms with Crippen molar-refractivity contribution >= 4 is 35.6 Å². The van der Waals surface area contributed by atoms with E-state index in [1.54, 1.807) is 0 Å². The zero-order chi connectivity index (χ0) is 13.7. The lowest BCUT2D eigenvalue weighted by atomic mass is 10.1. The maximum Gasteiger partial charge on any atom is 0.331 e. The van der Waals surface area contributed by atoms with Crippen LogP contribution in [-0.4, -0.2) is 28.9 Å². The molecule has 18 heavy (non-hydrogen) atoms. The second-order valence-electron chi connectivity index (χ2n) is 3.79. The summed E-state index contributed by atoms with van der Waals surface area (Å²) < 4.78 is 0. The van der Waals surface area contributed by atoms with Crippen LogP contribution in [-0.2, 0) is 9.59 Å². The molecular formula is C12H13Cl2NO3. The minimum absolute atomic E-state index is 0.339. The standard InChI is InChI=1S/C12H13Cl2NO3/c1-2-3-15(7-16)11(12(17)18)8-4-9(13)6-10(14)5-8/h4-7,11H,2-3H2,1H3,(H,17,18). The summed E-state index contributed by atoms with van der Waals surface area (Å²) in [5.74, 6) is -1.12. The fourth-order valence-corrected chi connectivity index (χ4v) is 2.25. The molecule has 98 valence electrons. The molecule has 0 fully saturated rings. The molecule has 1 amide bonds. The van der Waals surface area contributed by atoms with Crippen LogP contribution in [0.25, 0.3) is 0 Å². The van der Waals surface area contributed by atoms with E-state index in [1.807, 2.05) is 6.92 Å². The molecule has 0 heterocycles. The van der Waals surface area contributed by atoms with Crippen molar-refractivity contribution in [3.63, 3.8) is 0 Å². The Labute approximate surface area is 115 Å². The van der Waals surface area contributed by atoms with Gasteiger partial charge in [0.2, 0.25) is 6.41 Å². The van der Waals surface area contributed by atoms with Gasteiger partial charge in [-0.2, -0.15) is 0 Å². The lowest BCUT2D eigenvalue weighted by Gasteiger charge is -2.25. The highest BCUT2D eigenvalue weighted by molar-refractivity contribution is 6.34. The SMILES string of the molecule is CCCN(C=O)C(C(=O)O)c1cc(Cl)cc(Cl)c1. The minimum atomic E-state index is -1.12. The van der Waals surface area contributed by atoms with E-state index in [-0.39, 0.29) is 0 Å². The lowest BCUT2D eigenvalue weighted by molar-refractivity contribution is -0.146. The molecule has 0 aromatic heterocycles. The van der Waals surface area contributed by atoms with Gasteiger partial charge in [0, 0.05) is 16.6 Å². The summed E-state index contributed by atoms with van der Waals surface area (Å²) in [7, 11) is 0. The number of aliphatic carboxylic acids is 1. The third kappa shape index (κ3) is 3.62. The highest BCUT2D eigenvalue weighted by Crippen LogP contribution is 2.27. The first-order valence-corrected chi connectivity index (χ1v) is 6.15. The van der Waals surface area contributed by atoms with Crippen LogP contribution < -0.4 is 0 Å². The van der Waals surface area contributed by atoms with Gasteiger partial charge in [-0.15, -0.1) is 0 Å².